The van der Waals surface area contributed by atoms with E-state index in [-0.39, 0.29) is 17.5 Å². The molecule has 0 saturated carbocycles. The minimum Gasteiger partial charge on any atom is -0.467 e. The molecule has 7 heteroatoms. The van der Waals surface area contributed by atoms with Gasteiger partial charge in [-0.15, -0.1) is 0 Å². The molecule has 106 valence electrons. The van der Waals surface area contributed by atoms with Crippen LogP contribution in [0.2, 0.25) is 0 Å². The van der Waals surface area contributed by atoms with Crippen LogP contribution in [-0.4, -0.2) is 29.7 Å². The highest BCUT2D eigenvalue weighted by Crippen LogP contribution is 2.20. The first-order valence-corrected chi connectivity index (χ1v) is 5.79. The molecular formula is C12H15F3N2O2. The van der Waals surface area contributed by atoms with E-state index in [1.54, 1.807) is 6.92 Å². The average Bonchev–Trinajstić information content (AvgIpc) is 2.35. The van der Waals surface area contributed by atoms with Gasteiger partial charge in [-0.1, -0.05) is 6.92 Å². The molecule has 1 N–H and O–H groups in total. The number of nitrogens with zero attached hydrogens (tertiary/aromatic N) is 1. The number of alkyl halides is 3. The number of hydrogen-bond acceptors (Lipinski definition) is 3. The highest BCUT2D eigenvalue weighted by molar-refractivity contribution is 5.96. The molecule has 1 amide bonds. The Morgan fingerprint density at radius 3 is 2.79 bits per heavy atom. The van der Waals surface area contributed by atoms with Crippen molar-refractivity contribution < 1.29 is 22.7 Å². The van der Waals surface area contributed by atoms with Gasteiger partial charge in [0, 0.05) is 12.2 Å². The summed E-state index contributed by atoms with van der Waals surface area (Å²) in [6.07, 6.45) is -2.49. The van der Waals surface area contributed by atoms with E-state index in [1.165, 1.54) is 18.3 Å². The van der Waals surface area contributed by atoms with Crippen molar-refractivity contribution in [1.29, 1.82) is 0 Å². The SMILES string of the molecule is CCC(C)NC(=O)c1cccnc1OCC(F)(F)F. The largest absolute Gasteiger partial charge is 0.467 e. The zero-order valence-corrected chi connectivity index (χ0v) is 10.6. The number of halogens is 3. The van der Waals surface area contributed by atoms with Crippen LogP contribution in [0.15, 0.2) is 18.3 Å². The smallest absolute Gasteiger partial charge is 0.422 e. The lowest BCUT2D eigenvalue weighted by molar-refractivity contribution is -0.154. The molecule has 0 saturated heterocycles. The van der Waals surface area contributed by atoms with Gasteiger partial charge in [-0.25, -0.2) is 4.98 Å². The third-order valence-electron chi connectivity index (χ3n) is 2.38. The van der Waals surface area contributed by atoms with Crippen molar-refractivity contribution in [3.05, 3.63) is 23.9 Å². The molecule has 0 aliphatic heterocycles. The number of carbonyl (C=O) groups excluding carboxylic acids is 1. The highest BCUT2D eigenvalue weighted by Gasteiger charge is 2.29. The second-order valence-electron chi connectivity index (χ2n) is 4.04. The summed E-state index contributed by atoms with van der Waals surface area (Å²) in [7, 11) is 0. The van der Waals surface area contributed by atoms with Gasteiger partial charge in [0.25, 0.3) is 5.91 Å². The predicted molar refractivity (Wildman–Crippen MR) is 63.0 cm³/mol. The van der Waals surface area contributed by atoms with Crippen LogP contribution in [0, 0.1) is 0 Å². The van der Waals surface area contributed by atoms with Gasteiger partial charge in [-0.2, -0.15) is 13.2 Å². The molecule has 4 nitrogen and oxygen atoms in total. The minimum atomic E-state index is -4.47. The van der Waals surface area contributed by atoms with Gasteiger partial charge < -0.3 is 10.1 Å². The summed E-state index contributed by atoms with van der Waals surface area (Å²) in [6, 6.07) is 2.76. The molecule has 1 unspecified atom stereocenters. The van der Waals surface area contributed by atoms with Crippen molar-refractivity contribution in [2.75, 3.05) is 6.61 Å². The maximum absolute atomic E-state index is 12.1. The lowest BCUT2D eigenvalue weighted by Gasteiger charge is -2.14. The zero-order valence-electron chi connectivity index (χ0n) is 10.6. The van der Waals surface area contributed by atoms with Crippen LogP contribution in [0.1, 0.15) is 30.6 Å². The average molecular weight is 276 g/mol. The van der Waals surface area contributed by atoms with Crippen LogP contribution >= 0.6 is 0 Å². The molecule has 1 aromatic rings. The monoisotopic (exact) mass is 276 g/mol. The van der Waals surface area contributed by atoms with E-state index in [2.05, 4.69) is 15.0 Å². The molecule has 0 bridgehead atoms. The van der Waals surface area contributed by atoms with Crippen LogP contribution in [0.25, 0.3) is 0 Å². The second-order valence-corrected chi connectivity index (χ2v) is 4.04. The first-order valence-electron chi connectivity index (χ1n) is 5.79. The Labute approximate surface area is 109 Å². The minimum absolute atomic E-state index is 0.00736. The first kappa shape index (κ1) is 15.3. The molecular weight excluding hydrogens is 261 g/mol. The van der Waals surface area contributed by atoms with Gasteiger partial charge in [0.2, 0.25) is 5.88 Å². The fourth-order valence-corrected chi connectivity index (χ4v) is 1.23. The topological polar surface area (TPSA) is 51.2 Å². The lowest BCUT2D eigenvalue weighted by Crippen LogP contribution is -2.32. The van der Waals surface area contributed by atoms with Gasteiger partial charge in [0.1, 0.15) is 5.56 Å². The van der Waals surface area contributed by atoms with Crippen molar-refractivity contribution >= 4 is 5.91 Å². The molecule has 0 radical (unpaired) electrons. The van der Waals surface area contributed by atoms with E-state index in [4.69, 9.17) is 0 Å². The van der Waals surface area contributed by atoms with Crippen LogP contribution in [-0.2, 0) is 0 Å². The van der Waals surface area contributed by atoms with Crippen LogP contribution < -0.4 is 10.1 Å². The maximum Gasteiger partial charge on any atom is 0.422 e. The van der Waals surface area contributed by atoms with Crippen LogP contribution in [0.5, 0.6) is 5.88 Å². The van der Waals surface area contributed by atoms with Crippen LogP contribution in [0.3, 0.4) is 0 Å². The number of amides is 1. The third-order valence-corrected chi connectivity index (χ3v) is 2.38. The van der Waals surface area contributed by atoms with Crippen LogP contribution in [0.4, 0.5) is 13.2 Å². The fourth-order valence-electron chi connectivity index (χ4n) is 1.23. The molecule has 0 aromatic carbocycles. The van der Waals surface area contributed by atoms with Gasteiger partial charge >= 0.3 is 6.18 Å². The molecule has 0 aliphatic carbocycles. The van der Waals surface area contributed by atoms with Crippen molar-refractivity contribution in [3.8, 4) is 5.88 Å². The maximum atomic E-state index is 12.1. The fraction of sp³-hybridized carbons (Fsp3) is 0.500. The molecule has 1 rings (SSSR count). The summed E-state index contributed by atoms with van der Waals surface area (Å²) < 4.78 is 40.8. The number of carbonyl (C=O) groups is 1. The second kappa shape index (κ2) is 6.40. The quantitative estimate of drug-likeness (QED) is 0.899. The zero-order chi connectivity index (χ0) is 14.5. The standard InChI is InChI=1S/C12H15F3N2O2/c1-3-8(2)17-10(18)9-5-4-6-16-11(9)19-7-12(13,14)15/h4-6,8H,3,7H2,1-2H3,(H,17,18). The Balaban J connectivity index is 2.80. The summed E-state index contributed by atoms with van der Waals surface area (Å²) in [4.78, 5) is 15.5. The van der Waals surface area contributed by atoms with Crippen molar-refractivity contribution in [2.45, 2.75) is 32.5 Å². The van der Waals surface area contributed by atoms with E-state index in [9.17, 15) is 18.0 Å². The Bertz CT molecular complexity index is 435. The van der Waals surface area contributed by atoms with E-state index < -0.39 is 18.7 Å². The third kappa shape index (κ3) is 5.15. The van der Waals surface area contributed by atoms with Crippen molar-refractivity contribution in [2.24, 2.45) is 0 Å². The van der Waals surface area contributed by atoms with Crippen molar-refractivity contribution in [3.63, 3.8) is 0 Å². The first-order chi connectivity index (χ1) is 8.83. The van der Waals surface area contributed by atoms with Gasteiger partial charge in [0.15, 0.2) is 6.61 Å². The molecule has 0 aliphatic rings. The van der Waals surface area contributed by atoms with E-state index in [1.807, 2.05) is 6.92 Å². The number of ether oxygens (including phenoxy) is 1. The van der Waals surface area contributed by atoms with Gasteiger partial charge in [0.05, 0.1) is 0 Å². The number of rotatable bonds is 5. The van der Waals surface area contributed by atoms with E-state index >= 15 is 0 Å². The predicted octanol–water partition coefficient (Wildman–Crippen LogP) is 2.55. The highest BCUT2D eigenvalue weighted by atomic mass is 19.4. The normalized spacial score (nSPS) is 12.9. The number of aromatic nitrogens is 1. The number of pyridine rings is 1. The Morgan fingerprint density at radius 2 is 2.21 bits per heavy atom. The van der Waals surface area contributed by atoms with Crippen molar-refractivity contribution in [1.82, 2.24) is 10.3 Å². The molecule has 0 spiro atoms. The Hall–Kier alpha value is -1.79. The Morgan fingerprint density at radius 1 is 1.53 bits per heavy atom. The van der Waals surface area contributed by atoms with E-state index in [0.29, 0.717) is 6.42 Å². The molecule has 19 heavy (non-hydrogen) atoms. The summed E-state index contributed by atoms with van der Waals surface area (Å²) in [6.45, 7) is 2.20. The summed E-state index contributed by atoms with van der Waals surface area (Å²) in [5.74, 6) is -0.819. The Kier molecular flexibility index (Phi) is 5.14. The number of nitrogens with one attached hydrogen (secondary N) is 1. The van der Waals surface area contributed by atoms with Gasteiger partial charge in [-0.05, 0) is 25.5 Å². The van der Waals surface area contributed by atoms with Gasteiger partial charge in [-0.3, -0.25) is 4.79 Å². The summed E-state index contributed by atoms with van der Waals surface area (Å²) in [5, 5.41) is 2.64. The molecule has 1 atom stereocenters. The summed E-state index contributed by atoms with van der Waals surface area (Å²) >= 11 is 0. The molecule has 0 fully saturated rings. The van der Waals surface area contributed by atoms with E-state index in [0.717, 1.165) is 0 Å². The molecule has 1 aromatic heterocycles. The molecule has 1 heterocycles. The lowest BCUT2D eigenvalue weighted by atomic mass is 10.2. The summed E-state index contributed by atoms with van der Waals surface area (Å²) in [5.41, 5.74) is -0.00736. The number of hydrogen-bond donors (Lipinski definition) is 1.